The Labute approximate surface area is 128 Å². The van der Waals surface area contributed by atoms with Gasteiger partial charge in [0, 0.05) is 5.69 Å². The van der Waals surface area contributed by atoms with E-state index in [1.807, 2.05) is 49.4 Å². The lowest BCUT2D eigenvalue weighted by Gasteiger charge is -2.06. The van der Waals surface area contributed by atoms with E-state index in [9.17, 15) is 4.79 Å². The number of ether oxygens (including phenoxy) is 1. The van der Waals surface area contributed by atoms with Gasteiger partial charge in [-0.05, 0) is 42.8 Å². The number of carbonyl (C=O) groups is 1. The molecule has 112 valence electrons. The van der Waals surface area contributed by atoms with Crippen molar-refractivity contribution in [3.8, 4) is 5.75 Å². The number of aromatic amines is 1. The van der Waals surface area contributed by atoms with Gasteiger partial charge in [0.15, 0.2) is 0 Å². The number of fused-ring (bicyclic) bond motifs is 1. The number of rotatable bonds is 4. The third-order valence-corrected chi connectivity index (χ3v) is 3.41. The van der Waals surface area contributed by atoms with Crippen LogP contribution in [-0.2, 0) is 11.2 Å². The molecule has 0 radical (unpaired) electrons. The molecule has 0 aliphatic carbocycles. The van der Waals surface area contributed by atoms with Gasteiger partial charge < -0.3 is 15.0 Å². The van der Waals surface area contributed by atoms with Gasteiger partial charge in [0.05, 0.1) is 24.6 Å². The van der Waals surface area contributed by atoms with Crippen LogP contribution < -0.4 is 10.1 Å². The van der Waals surface area contributed by atoms with Crippen molar-refractivity contribution in [2.45, 2.75) is 13.3 Å². The lowest BCUT2D eigenvalue weighted by Crippen LogP contribution is -2.14. The van der Waals surface area contributed by atoms with E-state index in [1.54, 1.807) is 7.11 Å². The predicted octanol–water partition coefficient (Wildman–Crippen LogP) is 3.06. The third kappa shape index (κ3) is 3.09. The number of benzene rings is 2. The Morgan fingerprint density at radius 1 is 1.23 bits per heavy atom. The van der Waals surface area contributed by atoms with Crippen LogP contribution >= 0.6 is 0 Å². The first-order valence-electron chi connectivity index (χ1n) is 7.03. The van der Waals surface area contributed by atoms with Gasteiger partial charge in [-0.25, -0.2) is 4.98 Å². The molecule has 2 aromatic carbocycles. The molecule has 0 fully saturated rings. The van der Waals surface area contributed by atoms with Crippen LogP contribution in [-0.4, -0.2) is 23.0 Å². The molecule has 0 atom stereocenters. The van der Waals surface area contributed by atoms with Crippen LogP contribution in [0, 0.1) is 6.92 Å². The fourth-order valence-electron chi connectivity index (χ4n) is 2.35. The quantitative estimate of drug-likeness (QED) is 0.777. The summed E-state index contributed by atoms with van der Waals surface area (Å²) in [5, 5.41) is 2.90. The van der Waals surface area contributed by atoms with E-state index in [4.69, 9.17) is 4.74 Å². The van der Waals surface area contributed by atoms with Gasteiger partial charge in [-0.3, -0.25) is 4.79 Å². The average Bonchev–Trinajstić information content (AvgIpc) is 2.87. The molecule has 5 nitrogen and oxygen atoms in total. The fourth-order valence-corrected chi connectivity index (χ4v) is 2.35. The van der Waals surface area contributed by atoms with Gasteiger partial charge in [0.1, 0.15) is 11.6 Å². The second-order valence-corrected chi connectivity index (χ2v) is 5.13. The average molecular weight is 295 g/mol. The number of hydrogen-bond acceptors (Lipinski definition) is 3. The zero-order valence-electron chi connectivity index (χ0n) is 12.5. The van der Waals surface area contributed by atoms with Gasteiger partial charge in [-0.15, -0.1) is 0 Å². The lowest BCUT2D eigenvalue weighted by molar-refractivity contribution is -0.115. The van der Waals surface area contributed by atoms with Crippen molar-refractivity contribution in [2.75, 3.05) is 12.4 Å². The van der Waals surface area contributed by atoms with E-state index in [0.717, 1.165) is 33.9 Å². The number of nitrogens with one attached hydrogen (secondary N) is 2. The summed E-state index contributed by atoms with van der Waals surface area (Å²) in [6.45, 7) is 1.90. The van der Waals surface area contributed by atoms with Gasteiger partial charge >= 0.3 is 0 Å². The zero-order valence-corrected chi connectivity index (χ0v) is 12.5. The molecule has 1 aromatic heterocycles. The summed E-state index contributed by atoms with van der Waals surface area (Å²) in [6, 6.07) is 13.1. The van der Waals surface area contributed by atoms with Crippen molar-refractivity contribution in [3.63, 3.8) is 0 Å². The van der Waals surface area contributed by atoms with Crippen LogP contribution in [0.2, 0.25) is 0 Å². The van der Waals surface area contributed by atoms with E-state index in [2.05, 4.69) is 15.3 Å². The number of aromatic nitrogens is 2. The molecular formula is C17H17N3O2. The van der Waals surface area contributed by atoms with Gasteiger partial charge in [-0.1, -0.05) is 12.1 Å². The number of imidazole rings is 1. The van der Waals surface area contributed by atoms with Crippen molar-refractivity contribution in [3.05, 3.63) is 53.9 Å². The molecule has 22 heavy (non-hydrogen) atoms. The molecule has 0 aliphatic heterocycles. The molecule has 2 N–H and O–H groups in total. The highest BCUT2D eigenvalue weighted by Gasteiger charge is 2.06. The maximum absolute atomic E-state index is 12.1. The molecule has 0 unspecified atom stereocenters. The Kier molecular flexibility index (Phi) is 3.78. The second-order valence-electron chi connectivity index (χ2n) is 5.13. The summed E-state index contributed by atoms with van der Waals surface area (Å²) >= 11 is 0. The summed E-state index contributed by atoms with van der Waals surface area (Å²) < 4.78 is 5.10. The van der Waals surface area contributed by atoms with Crippen LogP contribution in [0.5, 0.6) is 5.75 Å². The first kappa shape index (κ1) is 14.1. The number of anilines is 1. The monoisotopic (exact) mass is 295 g/mol. The molecule has 3 rings (SSSR count). The first-order chi connectivity index (χ1) is 10.6. The minimum absolute atomic E-state index is 0.0549. The van der Waals surface area contributed by atoms with E-state index in [1.165, 1.54) is 0 Å². The molecule has 0 saturated carbocycles. The molecule has 0 spiro atoms. The Morgan fingerprint density at radius 3 is 2.73 bits per heavy atom. The van der Waals surface area contributed by atoms with Crippen molar-refractivity contribution >= 4 is 22.6 Å². The molecular weight excluding hydrogens is 278 g/mol. The van der Waals surface area contributed by atoms with Crippen LogP contribution in [0.4, 0.5) is 5.69 Å². The van der Waals surface area contributed by atoms with Crippen molar-refractivity contribution in [1.29, 1.82) is 0 Å². The van der Waals surface area contributed by atoms with Crippen LogP contribution in [0.1, 0.15) is 11.4 Å². The van der Waals surface area contributed by atoms with Crippen molar-refractivity contribution in [2.24, 2.45) is 0 Å². The van der Waals surface area contributed by atoms with Gasteiger partial charge in [0.2, 0.25) is 5.91 Å². The molecule has 0 saturated heterocycles. The summed E-state index contributed by atoms with van der Waals surface area (Å²) in [6.07, 6.45) is 0.323. The zero-order chi connectivity index (χ0) is 15.5. The summed E-state index contributed by atoms with van der Waals surface area (Å²) in [5.74, 6) is 1.58. The normalized spacial score (nSPS) is 10.6. The van der Waals surface area contributed by atoms with Crippen molar-refractivity contribution < 1.29 is 9.53 Å². The predicted molar refractivity (Wildman–Crippen MR) is 86.2 cm³/mol. The van der Waals surface area contributed by atoms with Crippen LogP contribution in [0.3, 0.4) is 0 Å². The second kappa shape index (κ2) is 5.89. The highest BCUT2D eigenvalue weighted by Crippen LogP contribution is 2.18. The minimum atomic E-state index is -0.0549. The highest BCUT2D eigenvalue weighted by molar-refractivity contribution is 5.94. The Bertz CT molecular complexity index is 806. The maximum Gasteiger partial charge on any atom is 0.228 e. The van der Waals surface area contributed by atoms with E-state index in [-0.39, 0.29) is 5.91 Å². The largest absolute Gasteiger partial charge is 0.497 e. The molecule has 5 heteroatoms. The van der Waals surface area contributed by atoms with Crippen molar-refractivity contribution in [1.82, 2.24) is 9.97 Å². The standard InChI is InChI=1S/C17H17N3O2/c1-11-18-15-8-5-13(10-16(15)19-11)20-17(21)9-12-3-6-14(22-2)7-4-12/h3-8,10H,9H2,1-2H3,(H,18,19)(H,20,21). The molecule has 3 aromatic rings. The maximum atomic E-state index is 12.1. The van der Waals surface area contributed by atoms with Crippen LogP contribution in [0.15, 0.2) is 42.5 Å². The number of H-pyrrole nitrogens is 1. The third-order valence-electron chi connectivity index (χ3n) is 3.41. The van der Waals surface area contributed by atoms with E-state index in [0.29, 0.717) is 6.42 Å². The Hall–Kier alpha value is -2.82. The van der Waals surface area contributed by atoms with E-state index >= 15 is 0 Å². The first-order valence-corrected chi connectivity index (χ1v) is 7.03. The summed E-state index contributed by atoms with van der Waals surface area (Å²) in [5.41, 5.74) is 3.51. The lowest BCUT2D eigenvalue weighted by atomic mass is 10.1. The topological polar surface area (TPSA) is 67.0 Å². The number of nitrogens with zero attached hydrogens (tertiary/aromatic N) is 1. The molecule has 1 amide bonds. The number of aryl methyl sites for hydroxylation is 1. The molecule has 0 bridgehead atoms. The fraction of sp³-hybridized carbons (Fsp3) is 0.176. The smallest absolute Gasteiger partial charge is 0.228 e. The van der Waals surface area contributed by atoms with Crippen LogP contribution in [0.25, 0.3) is 11.0 Å². The van der Waals surface area contributed by atoms with E-state index < -0.39 is 0 Å². The number of hydrogen-bond donors (Lipinski definition) is 2. The number of carbonyl (C=O) groups excluding carboxylic acids is 1. The number of methoxy groups -OCH3 is 1. The summed E-state index contributed by atoms with van der Waals surface area (Å²) in [4.78, 5) is 19.6. The molecule has 0 aliphatic rings. The Morgan fingerprint density at radius 2 is 2.00 bits per heavy atom. The van der Waals surface area contributed by atoms with Gasteiger partial charge in [-0.2, -0.15) is 0 Å². The van der Waals surface area contributed by atoms with Gasteiger partial charge in [0.25, 0.3) is 0 Å². The highest BCUT2D eigenvalue weighted by atomic mass is 16.5. The summed E-state index contributed by atoms with van der Waals surface area (Å²) in [7, 11) is 1.62. The minimum Gasteiger partial charge on any atom is -0.497 e. The SMILES string of the molecule is COc1ccc(CC(=O)Nc2ccc3nc(C)[nH]c3c2)cc1. The Balaban J connectivity index is 1.69. The molecule has 1 heterocycles. The number of amides is 1.